The van der Waals surface area contributed by atoms with Crippen molar-refractivity contribution >= 4 is 40.6 Å². The zero-order valence-corrected chi connectivity index (χ0v) is 15.9. The van der Waals surface area contributed by atoms with E-state index in [0.717, 1.165) is 16.7 Å². The second kappa shape index (κ2) is 8.18. The lowest BCUT2D eigenvalue weighted by Gasteiger charge is -2.12. The number of ether oxygens (including phenoxy) is 2. The third-order valence-corrected chi connectivity index (χ3v) is 4.81. The lowest BCUT2D eigenvalue weighted by molar-refractivity contribution is -0.144. The minimum atomic E-state index is -1.08. The highest BCUT2D eigenvalue weighted by molar-refractivity contribution is 8.19. The van der Waals surface area contributed by atoms with Gasteiger partial charge in [0.25, 0.3) is 11.1 Å². The van der Waals surface area contributed by atoms with Crippen molar-refractivity contribution in [3.63, 3.8) is 0 Å². The fourth-order valence-electron chi connectivity index (χ4n) is 2.51. The van der Waals surface area contributed by atoms with E-state index >= 15 is 0 Å². The fraction of sp³-hybridized carbons (Fsp3) is 0.150. The van der Waals surface area contributed by atoms with Gasteiger partial charge in [0.2, 0.25) is 0 Å². The number of thioether (sulfide) groups is 1. The number of rotatable bonds is 6. The maximum atomic E-state index is 12.7. The van der Waals surface area contributed by atoms with Crippen LogP contribution in [-0.2, 0) is 9.59 Å². The molecule has 1 unspecified atom stereocenters. The van der Waals surface area contributed by atoms with Gasteiger partial charge >= 0.3 is 5.97 Å². The van der Waals surface area contributed by atoms with Crippen molar-refractivity contribution in [3.05, 3.63) is 59.0 Å². The molecule has 0 aromatic heterocycles. The Labute approximate surface area is 165 Å². The van der Waals surface area contributed by atoms with Crippen LogP contribution in [-0.4, -0.2) is 35.4 Å². The zero-order valence-electron chi connectivity index (χ0n) is 15.1. The van der Waals surface area contributed by atoms with Gasteiger partial charge in [-0.15, -0.1) is 0 Å². The van der Waals surface area contributed by atoms with E-state index in [9.17, 15) is 14.4 Å². The summed E-state index contributed by atoms with van der Waals surface area (Å²) in [6.45, 7) is 1.43. The number of benzene rings is 2. The number of aliphatic carboxylic acids is 1. The Bertz CT molecular complexity index is 953. The van der Waals surface area contributed by atoms with Gasteiger partial charge in [-0.1, -0.05) is 12.1 Å². The van der Waals surface area contributed by atoms with E-state index in [1.54, 1.807) is 54.6 Å². The Hall–Kier alpha value is -3.26. The van der Waals surface area contributed by atoms with Crippen LogP contribution >= 0.6 is 11.8 Å². The van der Waals surface area contributed by atoms with Crippen LogP contribution in [0.4, 0.5) is 10.5 Å². The predicted octanol–water partition coefficient (Wildman–Crippen LogP) is 3.79. The summed E-state index contributed by atoms with van der Waals surface area (Å²) in [6, 6.07) is 13.3. The van der Waals surface area contributed by atoms with Crippen molar-refractivity contribution in [2.24, 2.45) is 0 Å². The molecule has 0 aliphatic carbocycles. The van der Waals surface area contributed by atoms with E-state index in [1.807, 2.05) is 0 Å². The number of methoxy groups -OCH3 is 1. The summed E-state index contributed by atoms with van der Waals surface area (Å²) in [6.07, 6.45) is 0.574. The van der Waals surface area contributed by atoms with Gasteiger partial charge in [0, 0.05) is 0 Å². The molecule has 2 aromatic rings. The SMILES string of the molecule is COc1ccc(N2C(=O)S/C(=C/c3cccc(OC(C)C(=O)O)c3)C2=O)cc1. The molecule has 0 saturated carbocycles. The standard InChI is InChI=1S/C20H17NO6S/c1-12(19(23)24)27-16-5-3-4-13(10-16)11-17-18(22)21(20(25)28-17)14-6-8-15(26-2)9-7-14/h3-12H,1-2H3,(H,23,24)/b17-11+. The number of hydrogen-bond acceptors (Lipinski definition) is 6. The molecule has 1 heterocycles. The van der Waals surface area contributed by atoms with Crippen LogP contribution in [0.3, 0.4) is 0 Å². The Morgan fingerprint density at radius 3 is 2.50 bits per heavy atom. The van der Waals surface area contributed by atoms with Crippen LogP contribution in [0.1, 0.15) is 12.5 Å². The van der Waals surface area contributed by atoms with E-state index in [2.05, 4.69) is 0 Å². The van der Waals surface area contributed by atoms with E-state index in [-0.39, 0.29) is 4.91 Å². The number of amides is 2. The molecule has 28 heavy (non-hydrogen) atoms. The van der Waals surface area contributed by atoms with Crippen molar-refractivity contribution in [1.29, 1.82) is 0 Å². The fourth-order valence-corrected chi connectivity index (χ4v) is 3.35. The molecule has 0 bridgehead atoms. The molecule has 2 aromatic carbocycles. The Kier molecular flexibility index (Phi) is 5.70. The van der Waals surface area contributed by atoms with Gasteiger partial charge in [-0.3, -0.25) is 9.59 Å². The van der Waals surface area contributed by atoms with Gasteiger partial charge in [-0.05, 0) is 66.7 Å². The molecule has 8 heteroatoms. The summed E-state index contributed by atoms with van der Waals surface area (Å²) >= 11 is 0.838. The summed E-state index contributed by atoms with van der Waals surface area (Å²) < 4.78 is 10.4. The smallest absolute Gasteiger partial charge is 0.344 e. The molecule has 0 radical (unpaired) electrons. The number of anilines is 1. The molecule has 1 aliphatic heterocycles. The third-order valence-electron chi connectivity index (χ3n) is 3.94. The lowest BCUT2D eigenvalue weighted by Crippen LogP contribution is -2.27. The topological polar surface area (TPSA) is 93.1 Å². The molecule has 1 N–H and O–H groups in total. The van der Waals surface area contributed by atoms with Gasteiger partial charge in [0.1, 0.15) is 11.5 Å². The van der Waals surface area contributed by atoms with E-state index in [4.69, 9.17) is 14.6 Å². The summed E-state index contributed by atoms with van der Waals surface area (Å²) in [5.41, 5.74) is 1.08. The van der Waals surface area contributed by atoms with Gasteiger partial charge in [-0.25, -0.2) is 9.69 Å². The molecule has 2 amide bonds. The maximum absolute atomic E-state index is 12.7. The van der Waals surface area contributed by atoms with Crippen LogP contribution in [0.15, 0.2) is 53.4 Å². The van der Waals surface area contributed by atoms with E-state index < -0.39 is 23.2 Å². The van der Waals surface area contributed by atoms with Crippen molar-refractivity contribution in [2.45, 2.75) is 13.0 Å². The van der Waals surface area contributed by atoms with Crippen molar-refractivity contribution in [1.82, 2.24) is 0 Å². The number of carbonyl (C=O) groups is 3. The lowest BCUT2D eigenvalue weighted by atomic mass is 10.2. The van der Waals surface area contributed by atoms with Crippen molar-refractivity contribution in [2.75, 3.05) is 12.0 Å². The first-order chi connectivity index (χ1) is 13.4. The largest absolute Gasteiger partial charge is 0.497 e. The predicted molar refractivity (Wildman–Crippen MR) is 106 cm³/mol. The summed E-state index contributed by atoms with van der Waals surface area (Å²) in [7, 11) is 1.53. The zero-order chi connectivity index (χ0) is 20.3. The molecule has 1 atom stereocenters. The number of nitrogens with zero attached hydrogens (tertiary/aromatic N) is 1. The first-order valence-electron chi connectivity index (χ1n) is 8.30. The molecule has 1 aliphatic rings. The minimum absolute atomic E-state index is 0.268. The van der Waals surface area contributed by atoms with Crippen LogP contribution < -0.4 is 14.4 Å². The van der Waals surface area contributed by atoms with Gasteiger partial charge in [0.05, 0.1) is 17.7 Å². The normalized spacial score (nSPS) is 16.4. The van der Waals surface area contributed by atoms with E-state index in [0.29, 0.717) is 22.7 Å². The van der Waals surface area contributed by atoms with Crippen molar-refractivity contribution < 1.29 is 29.0 Å². The van der Waals surface area contributed by atoms with Crippen LogP contribution in [0.5, 0.6) is 11.5 Å². The van der Waals surface area contributed by atoms with Crippen LogP contribution in [0, 0.1) is 0 Å². The summed E-state index contributed by atoms with van der Waals surface area (Å²) in [4.78, 5) is 37.3. The average Bonchev–Trinajstić information content (AvgIpc) is 2.95. The minimum Gasteiger partial charge on any atom is -0.497 e. The molecule has 1 saturated heterocycles. The highest BCUT2D eigenvalue weighted by Gasteiger charge is 2.36. The Morgan fingerprint density at radius 1 is 1.14 bits per heavy atom. The monoisotopic (exact) mass is 399 g/mol. The molecular weight excluding hydrogens is 382 g/mol. The van der Waals surface area contributed by atoms with Crippen LogP contribution in [0.25, 0.3) is 6.08 Å². The summed E-state index contributed by atoms with van der Waals surface area (Å²) in [5.74, 6) is -0.520. The quantitative estimate of drug-likeness (QED) is 0.739. The Morgan fingerprint density at radius 2 is 1.86 bits per heavy atom. The second-order valence-electron chi connectivity index (χ2n) is 5.89. The number of carbonyl (C=O) groups excluding carboxylic acids is 2. The second-order valence-corrected chi connectivity index (χ2v) is 6.88. The molecule has 1 fully saturated rings. The number of carboxylic acids is 1. The van der Waals surface area contributed by atoms with Gasteiger partial charge in [0.15, 0.2) is 6.10 Å². The van der Waals surface area contributed by atoms with Crippen molar-refractivity contribution in [3.8, 4) is 11.5 Å². The molecule has 7 nitrogen and oxygen atoms in total. The third kappa shape index (κ3) is 4.17. The summed E-state index contributed by atoms with van der Waals surface area (Å²) in [5, 5.41) is 8.55. The highest BCUT2D eigenvalue weighted by Crippen LogP contribution is 2.36. The number of hydrogen-bond donors (Lipinski definition) is 1. The molecule has 0 spiro atoms. The Balaban J connectivity index is 1.82. The highest BCUT2D eigenvalue weighted by atomic mass is 32.2. The van der Waals surface area contributed by atoms with Gasteiger partial charge in [-0.2, -0.15) is 0 Å². The molecule has 3 rings (SSSR count). The number of imide groups is 1. The van der Waals surface area contributed by atoms with Crippen LogP contribution in [0.2, 0.25) is 0 Å². The number of carboxylic acid groups (broad SMARTS) is 1. The first-order valence-corrected chi connectivity index (χ1v) is 9.12. The molecular formula is C20H17NO6S. The first kappa shape index (κ1) is 19.5. The van der Waals surface area contributed by atoms with E-state index in [1.165, 1.54) is 14.0 Å². The average molecular weight is 399 g/mol. The maximum Gasteiger partial charge on any atom is 0.344 e. The molecule has 144 valence electrons. The van der Waals surface area contributed by atoms with Gasteiger partial charge < -0.3 is 14.6 Å².